The van der Waals surface area contributed by atoms with Gasteiger partial charge in [0.05, 0.1) is 0 Å². The standard InChI is InChI=1S/C16H18ClNO/c1-2-14(18)11-12-10-13(17)8-9-16(12)19-15-6-4-3-5-7-15/h3-10,14H,2,11,18H2,1H3. The molecule has 0 fully saturated rings. The highest BCUT2D eigenvalue weighted by molar-refractivity contribution is 6.30. The van der Waals surface area contributed by atoms with Gasteiger partial charge in [-0.25, -0.2) is 0 Å². The van der Waals surface area contributed by atoms with Crippen LogP contribution in [0.4, 0.5) is 0 Å². The van der Waals surface area contributed by atoms with E-state index in [-0.39, 0.29) is 6.04 Å². The number of hydrogen-bond acceptors (Lipinski definition) is 2. The largest absolute Gasteiger partial charge is 0.457 e. The molecule has 2 rings (SSSR count). The van der Waals surface area contributed by atoms with E-state index in [4.69, 9.17) is 22.1 Å². The molecule has 0 amide bonds. The number of ether oxygens (including phenoxy) is 1. The third-order valence-electron chi connectivity index (χ3n) is 3.00. The fraction of sp³-hybridized carbons (Fsp3) is 0.250. The van der Waals surface area contributed by atoms with Crippen LogP contribution < -0.4 is 10.5 Å². The molecule has 2 aromatic carbocycles. The Bertz CT molecular complexity index is 528. The molecule has 0 saturated carbocycles. The second kappa shape index (κ2) is 6.60. The molecular formula is C16H18ClNO. The minimum Gasteiger partial charge on any atom is -0.457 e. The Balaban J connectivity index is 2.24. The Morgan fingerprint density at radius 3 is 2.58 bits per heavy atom. The third-order valence-corrected chi connectivity index (χ3v) is 3.24. The summed E-state index contributed by atoms with van der Waals surface area (Å²) in [5, 5.41) is 0.707. The second-order valence-electron chi connectivity index (χ2n) is 4.54. The monoisotopic (exact) mass is 275 g/mol. The first-order valence-electron chi connectivity index (χ1n) is 6.46. The summed E-state index contributed by atoms with van der Waals surface area (Å²) >= 11 is 6.05. The van der Waals surface area contributed by atoms with Gasteiger partial charge in [-0.1, -0.05) is 36.7 Å². The summed E-state index contributed by atoms with van der Waals surface area (Å²) in [5.41, 5.74) is 7.07. The van der Waals surface area contributed by atoms with E-state index in [1.54, 1.807) is 0 Å². The fourth-order valence-corrected chi connectivity index (χ4v) is 2.04. The lowest BCUT2D eigenvalue weighted by molar-refractivity contribution is 0.472. The molecule has 0 aromatic heterocycles. The van der Waals surface area contributed by atoms with Crippen molar-refractivity contribution in [2.75, 3.05) is 0 Å². The van der Waals surface area contributed by atoms with Crippen molar-refractivity contribution in [3.05, 3.63) is 59.1 Å². The summed E-state index contributed by atoms with van der Waals surface area (Å²) in [5.74, 6) is 1.63. The van der Waals surface area contributed by atoms with E-state index in [1.807, 2.05) is 48.5 Å². The lowest BCUT2D eigenvalue weighted by Crippen LogP contribution is -2.21. The number of para-hydroxylation sites is 1. The first kappa shape index (κ1) is 13.9. The molecule has 0 aliphatic rings. The highest BCUT2D eigenvalue weighted by Crippen LogP contribution is 2.28. The third kappa shape index (κ3) is 3.98. The molecule has 2 N–H and O–H groups in total. The number of benzene rings is 2. The van der Waals surface area contributed by atoms with Crippen molar-refractivity contribution in [3.8, 4) is 11.5 Å². The van der Waals surface area contributed by atoms with Crippen LogP contribution in [0, 0.1) is 0 Å². The summed E-state index contributed by atoms with van der Waals surface area (Å²) in [6, 6.07) is 15.5. The van der Waals surface area contributed by atoms with Crippen molar-refractivity contribution < 1.29 is 4.74 Å². The molecule has 0 saturated heterocycles. The molecule has 0 aliphatic carbocycles. The summed E-state index contributed by atoms with van der Waals surface area (Å²) < 4.78 is 5.90. The number of rotatable bonds is 5. The van der Waals surface area contributed by atoms with Gasteiger partial charge in [0.25, 0.3) is 0 Å². The lowest BCUT2D eigenvalue weighted by Gasteiger charge is -2.14. The van der Waals surface area contributed by atoms with E-state index >= 15 is 0 Å². The van der Waals surface area contributed by atoms with E-state index < -0.39 is 0 Å². The molecule has 100 valence electrons. The van der Waals surface area contributed by atoms with Crippen molar-refractivity contribution in [1.82, 2.24) is 0 Å². The SMILES string of the molecule is CCC(N)Cc1cc(Cl)ccc1Oc1ccccc1. The predicted octanol–water partition coefficient (Wildman–Crippen LogP) is 4.41. The van der Waals surface area contributed by atoms with E-state index in [0.29, 0.717) is 5.02 Å². The van der Waals surface area contributed by atoms with Crippen molar-refractivity contribution in [3.63, 3.8) is 0 Å². The average molecular weight is 276 g/mol. The van der Waals surface area contributed by atoms with Gasteiger partial charge in [0.15, 0.2) is 0 Å². The van der Waals surface area contributed by atoms with Crippen molar-refractivity contribution >= 4 is 11.6 Å². The highest BCUT2D eigenvalue weighted by Gasteiger charge is 2.09. The number of halogens is 1. The van der Waals surface area contributed by atoms with Crippen LogP contribution in [0.5, 0.6) is 11.5 Å². The zero-order valence-corrected chi connectivity index (χ0v) is 11.7. The summed E-state index contributed by atoms with van der Waals surface area (Å²) in [4.78, 5) is 0. The molecule has 1 unspecified atom stereocenters. The molecule has 1 atom stereocenters. The molecule has 0 aliphatic heterocycles. The molecule has 0 bridgehead atoms. The first-order valence-corrected chi connectivity index (χ1v) is 6.83. The number of hydrogen-bond donors (Lipinski definition) is 1. The Labute approximate surface area is 119 Å². The zero-order valence-electron chi connectivity index (χ0n) is 11.0. The van der Waals surface area contributed by atoms with E-state index in [0.717, 1.165) is 29.9 Å². The van der Waals surface area contributed by atoms with Crippen LogP contribution in [0.2, 0.25) is 5.02 Å². The van der Waals surface area contributed by atoms with Crippen molar-refractivity contribution in [2.45, 2.75) is 25.8 Å². The van der Waals surface area contributed by atoms with Gasteiger partial charge in [-0.15, -0.1) is 0 Å². The average Bonchev–Trinajstić information content (AvgIpc) is 2.43. The normalized spacial score (nSPS) is 12.2. The summed E-state index contributed by atoms with van der Waals surface area (Å²) in [6.45, 7) is 2.08. The Hall–Kier alpha value is -1.51. The van der Waals surface area contributed by atoms with Gasteiger partial charge in [0.1, 0.15) is 11.5 Å². The minimum absolute atomic E-state index is 0.122. The van der Waals surface area contributed by atoms with Crippen LogP contribution in [0.3, 0.4) is 0 Å². The van der Waals surface area contributed by atoms with Gasteiger partial charge in [-0.2, -0.15) is 0 Å². The van der Waals surface area contributed by atoms with Crippen molar-refractivity contribution in [2.24, 2.45) is 5.73 Å². The topological polar surface area (TPSA) is 35.2 Å². The second-order valence-corrected chi connectivity index (χ2v) is 4.98. The maximum absolute atomic E-state index is 6.05. The van der Waals surface area contributed by atoms with Gasteiger partial charge in [-0.05, 0) is 48.7 Å². The summed E-state index contributed by atoms with van der Waals surface area (Å²) in [7, 11) is 0. The molecule has 2 nitrogen and oxygen atoms in total. The Morgan fingerprint density at radius 1 is 1.16 bits per heavy atom. The van der Waals surface area contributed by atoms with E-state index in [9.17, 15) is 0 Å². The predicted molar refractivity (Wildman–Crippen MR) is 79.9 cm³/mol. The zero-order chi connectivity index (χ0) is 13.7. The fourth-order valence-electron chi connectivity index (χ4n) is 1.85. The minimum atomic E-state index is 0.122. The Morgan fingerprint density at radius 2 is 1.89 bits per heavy atom. The molecular weight excluding hydrogens is 258 g/mol. The maximum atomic E-state index is 6.05. The van der Waals surface area contributed by atoms with Crippen LogP contribution in [0.1, 0.15) is 18.9 Å². The van der Waals surface area contributed by atoms with Gasteiger partial charge in [0.2, 0.25) is 0 Å². The maximum Gasteiger partial charge on any atom is 0.130 e. The van der Waals surface area contributed by atoms with Gasteiger partial charge in [-0.3, -0.25) is 0 Å². The Kier molecular flexibility index (Phi) is 4.83. The van der Waals surface area contributed by atoms with Gasteiger partial charge < -0.3 is 10.5 Å². The highest BCUT2D eigenvalue weighted by atomic mass is 35.5. The number of nitrogens with two attached hydrogens (primary N) is 1. The molecule has 0 heterocycles. The van der Waals surface area contributed by atoms with Crippen LogP contribution in [-0.4, -0.2) is 6.04 Å². The first-order chi connectivity index (χ1) is 9.19. The molecule has 19 heavy (non-hydrogen) atoms. The van der Waals surface area contributed by atoms with Crippen LogP contribution >= 0.6 is 11.6 Å². The molecule has 3 heteroatoms. The molecule has 0 spiro atoms. The van der Waals surface area contributed by atoms with Crippen LogP contribution in [0.25, 0.3) is 0 Å². The lowest BCUT2D eigenvalue weighted by atomic mass is 10.0. The van der Waals surface area contributed by atoms with E-state index in [1.165, 1.54) is 0 Å². The quantitative estimate of drug-likeness (QED) is 0.877. The van der Waals surface area contributed by atoms with Crippen LogP contribution in [0.15, 0.2) is 48.5 Å². The molecule has 0 radical (unpaired) electrons. The van der Waals surface area contributed by atoms with E-state index in [2.05, 4.69) is 6.92 Å². The van der Waals surface area contributed by atoms with Gasteiger partial charge in [0, 0.05) is 11.1 Å². The summed E-state index contributed by atoms with van der Waals surface area (Å²) in [6.07, 6.45) is 1.69. The van der Waals surface area contributed by atoms with Gasteiger partial charge >= 0.3 is 0 Å². The van der Waals surface area contributed by atoms with Crippen molar-refractivity contribution in [1.29, 1.82) is 0 Å². The smallest absolute Gasteiger partial charge is 0.130 e. The molecule has 2 aromatic rings. The van der Waals surface area contributed by atoms with Crippen LogP contribution in [-0.2, 0) is 6.42 Å².